The molecule has 1 saturated carbocycles. The van der Waals surface area contributed by atoms with Crippen molar-refractivity contribution in [2.75, 3.05) is 19.8 Å². The molecule has 1 aliphatic carbocycles. The Balaban J connectivity index is 1.35. The molecule has 46 heavy (non-hydrogen) atoms. The van der Waals surface area contributed by atoms with Crippen molar-refractivity contribution in [3.8, 4) is 0 Å². The van der Waals surface area contributed by atoms with Crippen molar-refractivity contribution in [1.82, 2.24) is 40.0 Å². The van der Waals surface area contributed by atoms with Crippen molar-refractivity contribution in [3.63, 3.8) is 0 Å². The third kappa shape index (κ3) is 6.86. The first-order chi connectivity index (χ1) is 21.9. The van der Waals surface area contributed by atoms with Crippen LogP contribution in [-0.4, -0.2) is 73.0 Å². The summed E-state index contributed by atoms with van der Waals surface area (Å²) in [7, 11) is 0. The van der Waals surface area contributed by atoms with Crippen molar-refractivity contribution < 1.29 is 36.3 Å². The van der Waals surface area contributed by atoms with Gasteiger partial charge in [0.25, 0.3) is 11.7 Å². The standard InChI is InChI=1S/C30H37F5N8O3/c1-2-42-23(5-10-37-42)27(45)39-25(17-3-8-29(31,32)9-4-17)22-16-43-28(38-22)40-24(18-6-11-46-12-7-18)21(41-43)14-19-13-20(30(33,34)35)15-36-26(19)44/h5,10,16-20,25H,2-4,6-9,11-15H2,1H3,(H,36,44)(H,39,45)/t19-,20-,25?/m1/s1. The van der Waals surface area contributed by atoms with Crippen LogP contribution in [0.4, 0.5) is 22.0 Å². The van der Waals surface area contributed by atoms with Crippen molar-refractivity contribution in [1.29, 1.82) is 0 Å². The van der Waals surface area contributed by atoms with E-state index in [-0.39, 0.29) is 56.1 Å². The minimum atomic E-state index is -4.44. The first-order valence-corrected chi connectivity index (χ1v) is 15.8. The Morgan fingerprint density at radius 2 is 1.91 bits per heavy atom. The summed E-state index contributed by atoms with van der Waals surface area (Å²) in [6.45, 7) is 2.80. The highest BCUT2D eigenvalue weighted by atomic mass is 19.4. The molecule has 250 valence electrons. The summed E-state index contributed by atoms with van der Waals surface area (Å²) >= 11 is 0. The number of aryl methyl sites for hydroxylation is 1. The number of imidazole rings is 1. The quantitative estimate of drug-likeness (QED) is 0.346. The van der Waals surface area contributed by atoms with Crippen molar-refractivity contribution >= 4 is 17.6 Å². The minimum absolute atomic E-state index is 0.0412. The van der Waals surface area contributed by atoms with Gasteiger partial charge in [0.05, 0.1) is 35.2 Å². The van der Waals surface area contributed by atoms with Gasteiger partial charge in [-0.15, -0.1) is 0 Å². The van der Waals surface area contributed by atoms with E-state index in [1.807, 2.05) is 6.92 Å². The summed E-state index contributed by atoms with van der Waals surface area (Å²) in [6.07, 6.45) is -0.827. The first kappa shape index (κ1) is 32.3. The lowest BCUT2D eigenvalue weighted by Gasteiger charge is -2.33. The number of carbonyl (C=O) groups excluding carboxylic acids is 2. The average Bonchev–Trinajstić information content (AvgIpc) is 3.67. The van der Waals surface area contributed by atoms with Gasteiger partial charge in [-0.05, 0) is 51.0 Å². The Kier molecular flexibility index (Phi) is 9.00. The van der Waals surface area contributed by atoms with Gasteiger partial charge in [-0.25, -0.2) is 23.3 Å². The third-order valence-electron chi connectivity index (χ3n) is 9.49. The van der Waals surface area contributed by atoms with E-state index < -0.39 is 48.3 Å². The van der Waals surface area contributed by atoms with Crippen LogP contribution in [0, 0.1) is 17.8 Å². The van der Waals surface area contributed by atoms with Crippen LogP contribution in [0.5, 0.6) is 0 Å². The molecule has 0 spiro atoms. The third-order valence-corrected chi connectivity index (χ3v) is 9.49. The molecule has 16 heteroatoms. The molecule has 3 atom stereocenters. The van der Waals surface area contributed by atoms with Gasteiger partial charge in [0, 0.05) is 63.6 Å². The van der Waals surface area contributed by atoms with E-state index in [0.29, 0.717) is 55.4 Å². The Bertz CT molecular complexity index is 1560. The lowest BCUT2D eigenvalue weighted by atomic mass is 9.81. The smallest absolute Gasteiger partial charge is 0.381 e. The average molecular weight is 653 g/mol. The fourth-order valence-corrected chi connectivity index (χ4v) is 6.86. The number of fused-ring (bicyclic) bond motifs is 1. The molecular weight excluding hydrogens is 615 g/mol. The molecule has 1 unspecified atom stereocenters. The number of rotatable bonds is 8. The lowest BCUT2D eigenvalue weighted by Crippen LogP contribution is -2.47. The Morgan fingerprint density at radius 3 is 2.61 bits per heavy atom. The van der Waals surface area contributed by atoms with Gasteiger partial charge < -0.3 is 15.4 Å². The molecule has 2 aliphatic heterocycles. The molecule has 2 N–H and O–H groups in total. The van der Waals surface area contributed by atoms with Gasteiger partial charge in [0.1, 0.15) is 5.69 Å². The van der Waals surface area contributed by atoms with Crippen LogP contribution in [0.15, 0.2) is 18.5 Å². The molecule has 2 saturated heterocycles. The molecule has 0 radical (unpaired) electrons. The van der Waals surface area contributed by atoms with Gasteiger partial charge in [-0.1, -0.05) is 0 Å². The number of halogens is 5. The number of hydrogen-bond donors (Lipinski definition) is 2. The molecule has 3 fully saturated rings. The first-order valence-electron chi connectivity index (χ1n) is 15.8. The topological polar surface area (TPSA) is 128 Å². The second-order valence-corrected chi connectivity index (χ2v) is 12.5. The van der Waals surface area contributed by atoms with E-state index in [1.54, 1.807) is 12.3 Å². The monoisotopic (exact) mass is 652 g/mol. The maximum absolute atomic E-state index is 14.1. The summed E-state index contributed by atoms with van der Waals surface area (Å²) in [5.41, 5.74) is 1.66. The number of hydrogen-bond acceptors (Lipinski definition) is 7. The number of aromatic nitrogens is 6. The zero-order chi connectivity index (χ0) is 32.6. The number of alkyl halides is 5. The molecule has 3 aromatic heterocycles. The summed E-state index contributed by atoms with van der Waals surface area (Å²) in [6, 6.07) is 0.841. The van der Waals surface area contributed by atoms with E-state index in [9.17, 15) is 31.5 Å². The normalized spacial score (nSPS) is 23.7. The maximum Gasteiger partial charge on any atom is 0.393 e. The predicted molar refractivity (Wildman–Crippen MR) is 153 cm³/mol. The Hall–Kier alpha value is -3.69. The van der Waals surface area contributed by atoms with E-state index in [1.165, 1.54) is 15.4 Å². The second-order valence-electron chi connectivity index (χ2n) is 12.5. The molecule has 0 bridgehead atoms. The number of amides is 2. The largest absolute Gasteiger partial charge is 0.393 e. The molecule has 11 nitrogen and oxygen atoms in total. The summed E-state index contributed by atoms with van der Waals surface area (Å²) in [4.78, 5) is 35.6. The van der Waals surface area contributed by atoms with Gasteiger partial charge in [0.15, 0.2) is 0 Å². The predicted octanol–water partition coefficient (Wildman–Crippen LogP) is 4.39. The van der Waals surface area contributed by atoms with Crippen LogP contribution < -0.4 is 10.6 Å². The van der Waals surface area contributed by atoms with Gasteiger partial charge >= 0.3 is 6.18 Å². The highest BCUT2D eigenvalue weighted by Gasteiger charge is 2.45. The number of nitrogens with zero attached hydrogens (tertiary/aromatic N) is 6. The van der Waals surface area contributed by atoms with Gasteiger partial charge in [-0.2, -0.15) is 23.4 Å². The molecule has 2 amide bonds. The Morgan fingerprint density at radius 1 is 1.17 bits per heavy atom. The maximum atomic E-state index is 14.1. The molecule has 0 aromatic carbocycles. The molecule has 5 heterocycles. The Labute approximate surface area is 261 Å². The van der Waals surface area contributed by atoms with Crippen molar-refractivity contribution in [3.05, 3.63) is 41.2 Å². The van der Waals surface area contributed by atoms with Crippen LogP contribution >= 0.6 is 0 Å². The number of piperidine rings is 1. The molecule has 3 aliphatic rings. The number of ether oxygens (including phenoxy) is 1. The fraction of sp³-hybridized carbons (Fsp3) is 0.667. The molecule has 6 rings (SSSR count). The number of nitrogens with one attached hydrogen (secondary N) is 2. The van der Waals surface area contributed by atoms with Crippen LogP contribution in [0.1, 0.15) is 91.4 Å². The van der Waals surface area contributed by atoms with Gasteiger partial charge in [-0.3, -0.25) is 14.3 Å². The van der Waals surface area contributed by atoms with E-state index >= 15 is 0 Å². The highest BCUT2D eigenvalue weighted by molar-refractivity contribution is 5.92. The summed E-state index contributed by atoms with van der Waals surface area (Å²) < 4.78 is 77.4. The lowest BCUT2D eigenvalue weighted by molar-refractivity contribution is -0.183. The van der Waals surface area contributed by atoms with Crippen LogP contribution in [0.2, 0.25) is 0 Å². The summed E-state index contributed by atoms with van der Waals surface area (Å²) in [5.74, 6) is -6.51. The SMILES string of the molecule is CCn1nccc1C(=O)NC(c1cn2nc(C[C@H]3C[C@@H](C(F)(F)F)CNC3=O)c(C3CCOCC3)nc2n1)C1CCC(F)(F)CC1. The molecule has 3 aromatic rings. The zero-order valence-corrected chi connectivity index (χ0v) is 25.4. The molecular formula is C30H37F5N8O3. The van der Waals surface area contributed by atoms with Crippen LogP contribution in [0.3, 0.4) is 0 Å². The van der Waals surface area contributed by atoms with E-state index in [2.05, 4.69) is 15.7 Å². The van der Waals surface area contributed by atoms with E-state index in [0.717, 1.165) is 0 Å². The van der Waals surface area contributed by atoms with Crippen molar-refractivity contribution in [2.45, 2.75) is 88.9 Å². The second kappa shape index (κ2) is 12.8. The zero-order valence-electron chi connectivity index (χ0n) is 25.4. The minimum Gasteiger partial charge on any atom is -0.381 e. The van der Waals surface area contributed by atoms with E-state index in [4.69, 9.17) is 19.8 Å². The van der Waals surface area contributed by atoms with Gasteiger partial charge in [0.2, 0.25) is 11.8 Å². The summed E-state index contributed by atoms with van der Waals surface area (Å²) in [5, 5.41) is 14.3. The van der Waals surface area contributed by atoms with Crippen LogP contribution in [0.25, 0.3) is 5.78 Å². The van der Waals surface area contributed by atoms with Crippen LogP contribution in [-0.2, 0) is 22.5 Å². The highest BCUT2D eigenvalue weighted by Crippen LogP contribution is 2.42. The number of carbonyl (C=O) groups is 2. The van der Waals surface area contributed by atoms with Crippen molar-refractivity contribution in [2.24, 2.45) is 17.8 Å². The fourth-order valence-electron chi connectivity index (χ4n) is 6.86.